The SMILES string of the molecule is O=C(/C=C\c1ccccc1)c1cncc(C(=O)/C=C/c2ccccc2)c1. The molecule has 0 bridgehead atoms. The van der Waals surface area contributed by atoms with Gasteiger partial charge in [-0.1, -0.05) is 72.8 Å². The quantitative estimate of drug-likeness (QED) is 0.475. The minimum absolute atomic E-state index is 0.192. The van der Waals surface area contributed by atoms with Crippen molar-refractivity contribution in [1.82, 2.24) is 4.98 Å². The summed E-state index contributed by atoms with van der Waals surface area (Å²) in [6.07, 6.45) is 9.39. The summed E-state index contributed by atoms with van der Waals surface area (Å²) in [5.41, 5.74) is 2.64. The highest BCUT2D eigenvalue weighted by Crippen LogP contribution is 2.09. The van der Waals surface area contributed by atoms with Crippen molar-refractivity contribution < 1.29 is 9.59 Å². The van der Waals surface area contributed by atoms with Crippen molar-refractivity contribution in [2.24, 2.45) is 0 Å². The fourth-order valence-electron chi connectivity index (χ4n) is 2.37. The molecular formula is C23H17NO2. The molecule has 126 valence electrons. The lowest BCUT2D eigenvalue weighted by molar-refractivity contribution is 0.104. The van der Waals surface area contributed by atoms with Gasteiger partial charge in [-0.3, -0.25) is 14.6 Å². The Morgan fingerprint density at radius 3 is 1.50 bits per heavy atom. The Morgan fingerprint density at radius 1 is 0.654 bits per heavy atom. The zero-order valence-electron chi connectivity index (χ0n) is 14.1. The van der Waals surface area contributed by atoms with Crippen molar-refractivity contribution in [2.75, 3.05) is 0 Å². The van der Waals surface area contributed by atoms with Crippen molar-refractivity contribution >= 4 is 23.7 Å². The fraction of sp³-hybridized carbons (Fsp3) is 0. The Bertz CT molecular complexity index is 881. The number of benzene rings is 2. The maximum Gasteiger partial charge on any atom is 0.187 e. The van der Waals surface area contributed by atoms with Crippen LogP contribution in [0.5, 0.6) is 0 Å². The molecule has 0 spiro atoms. The van der Waals surface area contributed by atoms with Crippen molar-refractivity contribution in [3.63, 3.8) is 0 Å². The number of hydrogen-bond donors (Lipinski definition) is 0. The molecule has 0 saturated heterocycles. The molecule has 0 radical (unpaired) electrons. The van der Waals surface area contributed by atoms with Gasteiger partial charge in [-0.15, -0.1) is 0 Å². The van der Waals surface area contributed by atoms with Crippen molar-refractivity contribution in [1.29, 1.82) is 0 Å². The second kappa shape index (κ2) is 8.49. The largest absolute Gasteiger partial charge is 0.289 e. The summed E-state index contributed by atoms with van der Waals surface area (Å²) >= 11 is 0. The van der Waals surface area contributed by atoms with Crippen LogP contribution in [0.3, 0.4) is 0 Å². The van der Waals surface area contributed by atoms with Gasteiger partial charge in [0.15, 0.2) is 11.6 Å². The predicted molar refractivity (Wildman–Crippen MR) is 104 cm³/mol. The maximum absolute atomic E-state index is 12.3. The van der Waals surface area contributed by atoms with E-state index in [2.05, 4.69) is 4.98 Å². The summed E-state index contributed by atoms with van der Waals surface area (Å²) < 4.78 is 0. The molecule has 0 aliphatic rings. The van der Waals surface area contributed by atoms with Crippen LogP contribution < -0.4 is 0 Å². The third kappa shape index (κ3) is 4.71. The van der Waals surface area contributed by atoms with E-state index < -0.39 is 0 Å². The molecule has 3 rings (SSSR count). The Balaban J connectivity index is 1.73. The zero-order chi connectivity index (χ0) is 18.2. The molecule has 1 aromatic heterocycles. The van der Waals surface area contributed by atoms with Gasteiger partial charge >= 0.3 is 0 Å². The minimum Gasteiger partial charge on any atom is -0.289 e. The van der Waals surface area contributed by atoms with E-state index in [1.165, 1.54) is 24.5 Å². The van der Waals surface area contributed by atoms with Gasteiger partial charge in [0.2, 0.25) is 0 Å². The van der Waals surface area contributed by atoms with E-state index in [1.807, 2.05) is 60.7 Å². The van der Waals surface area contributed by atoms with Crippen LogP contribution in [0.25, 0.3) is 12.2 Å². The molecule has 3 nitrogen and oxygen atoms in total. The highest BCUT2D eigenvalue weighted by atomic mass is 16.1. The molecule has 0 atom stereocenters. The second-order valence-electron chi connectivity index (χ2n) is 5.68. The van der Waals surface area contributed by atoms with Gasteiger partial charge in [0.1, 0.15) is 0 Å². The number of nitrogens with zero attached hydrogens (tertiary/aromatic N) is 1. The average Bonchev–Trinajstić information content (AvgIpc) is 2.72. The molecular weight excluding hydrogens is 322 g/mol. The summed E-state index contributed by atoms with van der Waals surface area (Å²) in [4.78, 5) is 28.7. The van der Waals surface area contributed by atoms with Crippen molar-refractivity contribution in [2.45, 2.75) is 0 Å². The zero-order valence-corrected chi connectivity index (χ0v) is 14.1. The standard InChI is InChI=1S/C23H17NO2/c25-22(13-11-18-7-3-1-4-8-18)20-15-21(17-24-16-20)23(26)14-12-19-9-5-2-6-10-19/h1-17H/b13-11-,14-12+. The van der Waals surface area contributed by atoms with Gasteiger partial charge in [-0.25, -0.2) is 0 Å². The summed E-state index contributed by atoms with van der Waals surface area (Å²) in [5, 5.41) is 0. The number of allylic oxidation sites excluding steroid dienone is 2. The average molecular weight is 339 g/mol. The van der Waals surface area contributed by atoms with E-state index >= 15 is 0 Å². The minimum atomic E-state index is -0.192. The van der Waals surface area contributed by atoms with E-state index in [-0.39, 0.29) is 11.6 Å². The number of hydrogen-bond acceptors (Lipinski definition) is 3. The number of aromatic nitrogens is 1. The van der Waals surface area contributed by atoms with E-state index in [1.54, 1.807) is 18.2 Å². The summed E-state index contributed by atoms with van der Waals surface area (Å²) in [6, 6.07) is 20.7. The van der Waals surface area contributed by atoms with Crippen LogP contribution >= 0.6 is 0 Å². The Kier molecular flexibility index (Phi) is 5.63. The lowest BCUT2D eigenvalue weighted by Gasteiger charge is -1.99. The van der Waals surface area contributed by atoms with Gasteiger partial charge in [0, 0.05) is 23.5 Å². The maximum atomic E-state index is 12.3. The van der Waals surface area contributed by atoms with Crippen LogP contribution in [-0.4, -0.2) is 16.6 Å². The summed E-state index contributed by atoms with van der Waals surface area (Å²) in [5.74, 6) is -0.383. The van der Waals surface area contributed by atoms with Crippen molar-refractivity contribution in [3.05, 3.63) is 114 Å². The number of carbonyl (C=O) groups excluding carboxylic acids is 2. The first-order valence-corrected chi connectivity index (χ1v) is 8.22. The lowest BCUT2D eigenvalue weighted by atomic mass is 10.1. The molecule has 0 unspecified atom stereocenters. The second-order valence-corrected chi connectivity index (χ2v) is 5.68. The highest BCUT2D eigenvalue weighted by Gasteiger charge is 2.08. The number of pyridine rings is 1. The smallest absolute Gasteiger partial charge is 0.187 e. The van der Waals surface area contributed by atoms with E-state index in [9.17, 15) is 9.59 Å². The lowest BCUT2D eigenvalue weighted by Crippen LogP contribution is -2.01. The molecule has 1 heterocycles. The molecule has 0 fully saturated rings. The molecule has 0 saturated carbocycles. The molecule has 0 N–H and O–H groups in total. The first kappa shape index (κ1) is 17.2. The van der Waals surface area contributed by atoms with Gasteiger partial charge < -0.3 is 0 Å². The third-order valence-electron chi connectivity index (χ3n) is 3.76. The Morgan fingerprint density at radius 2 is 1.08 bits per heavy atom. The third-order valence-corrected chi connectivity index (χ3v) is 3.76. The Hall–Kier alpha value is -3.59. The first-order valence-electron chi connectivity index (χ1n) is 8.22. The molecule has 0 aliphatic carbocycles. The molecule has 26 heavy (non-hydrogen) atoms. The molecule has 2 aromatic carbocycles. The topological polar surface area (TPSA) is 47.0 Å². The van der Waals surface area contributed by atoms with Crippen LogP contribution in [0.15, 0.2) is 91.3 Å². The molecule has 0 aliphatic heterocycles. The van der Waals surface area contributed by atoms with Gasteiger partial charge in [-0.2, -0.15) is 0 Å². The molecule has 0 amide bonds. The normalized spacial score (nSPS) is 11.1. The van der Waals surface area contributed by atoms with Crippen molar-refractivity contribution in [3.8, 4) is 0 Å². The fourth-order valence-corrected chi connectivity index (χ4v) is 2.37. The number of carbonyl (C=O) groups is 2. The van der Waals surface area contributed by atoms with Crippen LogP contribution in [0.1, 0.15) is 31.8 Å². The van der Waals surface area contributed by atoms with Crippen LogP contribution in [0, 0.1) is 0 Å². The molecule has 3 heteroatoms. The summed E-state index contributed by atoms with van der Waals surface area (Å²) in [6.45, 7) is 0. The van der Waals surface area contributed by atoms with Crippen LogP contribution in [0.2, 0.25) is 0 Å². The van der Waals surface area contributed by atoms with Gasteiger partial charge in [-0.05, 0) is 29.3 Å². The molecule has 3 aromatic rings. The van der Waals surface area contributed by atoms with E-state index in [4.69, 9.17) is 0 Å². The van der Waals surface area contributed by atoms with Crippen LogP contribution in [-0.2, 0) is 0 Å². The predicted octanol–water partition coefficient (Wildman–Crippen LogP) is 4.87. The van der Waals surface area contributed by atoms with Gasteiger partial charge in [0.05, 0.1) is 0 Å². The highest BCUT2D eigenvalue weighted by molar-refractivity contribution is 6.10. The Labute approximate surface area is 152 Å². The first-order chi connectivity index (χ1) is 12.7. The number of rotatable bonds is 6. The van der Waals surface area contributed by atoms with Gasteiger partial charge in [0.25, 0.3) is 0 Å². The number of ketones is 2. The van der Waals surface area contributed by atoms with E-state index in [0.717, 1.165) is 11.1 Å². The summed E-state index contributed by atoms with van der Waals surface area (Å²) in [7, 11) is 0. The monoisotopic (exact) mass is 339 g/mol. The van der Waals surface area contributed by atoms with Crippen LogP contribution in [0.4, 0.5) is 0 Å². The van der Waals surface area contributed by atoms with E-state index in [0.29, 0.717) is 11.1 Å².